The Balaban J connectivity index is 1.79. The first-order valence-corrected chi connectivity index (χ1v) is 8.64. The standard InChI is InChI=1S/C21H23N3O2/c1-4-11-24-18-8-6-5-7-17(18)23-21(26)19(24)13-20(25)22-16-10-9-14(2)12-15(16)3/h4-10,12,19H,1,11,13H2,2-3H3,(H,22,25)(H,23,26)/t19-/m0/s1. The molecule has 0 saturated heterocycles. The van der Waals surface area contributed by atoms with E-state index in [4.69, 9.17) is 0 Å². The molecule has 0 aliphatic carbocycles. The van der Waals surface area contributed by atoms with Gasteiger partial charge in [-0.25, -0.2) is 0 Å². The second-order valence-corrected chi connectivity index (χ2v) is 6.53. The maximum absolute atomic E-state index is 12.6. The maximum atomic E-state index is 12.6. The molecule has 0 bridgehead atoms. The number of hydrogen-bond acceptors (Lipinski definition) is 3. The molecule has 2 N–H and O–H groups in total. The number of nitrogens with one attached hydrogen (secondary N) is 2. The third-order valence-electron chi connectivity index (χ3n) is 4.51. The largest absolute Gasteiger partial charge is 0.354 e. The fourth-order valence-electron chi connectivity index (χ4n) is 3.25. The van der Waals surface area contributed by atoms with E-state index in [1.54, 1.807) is 6.08 Å². The van der Waals surface area contributed by atoms with Gasteiger partial charge in [-0.2, -0.15) is 0 Å². The van der Waals surface area contributed by atoms with Gasteiger partial charge < -0.3 is 15.5 Å². The summed E-state index contributed by atoms with van der Waals surface area (Å²) in [4.78, 5) is 27.1. The van der Waals surface area contributed by atoms with E-state index in [1.807, 2.05) is 61.2 Å². The molecule has 134 valence electrons. The fraction of sp³-hybridized carbons (Fsp3) is 0.238. The van der Waals surface area contributed by atoms with Crippen molar-refractivity contribution in [2.45, 2.75) is 26.3 Å². The van der Waals surface area contributed by atoms with Crippen LogP contribution in [0.4, 0.5) is 17.1 Å². The van der Waals surface area contributed by atoms with Crippen LogP contribution in [0.25, 0.3) is 0 Å². The highest BCUT2D eigenvalue weighted by molar-refractivity contribution is 6.06. The van der Waals surface area contributed by atoms with Crippen molar-refractivity contribution < 1.29 is 9.59 Å². The number of nitrogens with zero attached hydrogens (tertiary/aromatic N) is 1. The van der Waals surface area contributed by atoms with Gasteiger partial charge in [-0.15, -0.1) is 6.58 Å². The van der Waals surface area contributed by atoms with Crippen LogP contribution >= 0.6 is 0 Å². The molecule has 3 rings (SSSR count). The molecule has 1 heterocycles. The van der Waals surface area contributed by atoms with Gasteiger partial charge in [-0.1, -0.05) is 35.9 Å². The number of amides is 2. The van der Waals surface area contributed by atoms with Crippen LogP contribution in [0.5, 0.6) is 0 Å². The predicted molar refractivity (Wildman–Crippen MR) is 106 cm³/mol. The lowest BCUT2D eigenvalue weighted by atomic mass is 10.0. The lowest BCUT2D eigenvalue weighted by Crippen LogP contribution is -2.49. The highest BCUT2D eigenvalue weighted by Crippen LogP contribution is 2.32. The van der Waals surface area contributed by atoms with Crippen molar-refractivity contribution in [1.29, 1.82) is 0 Å². The summed E-state index contributed by atoms with van der Waals surface area (Å²) in [5, 5.41) is 5.81. The van der Waals surface area contributed by atoms with Gasteiger partial charge in [-0.05, 0) is 37.6 Å². The summed E-state index contributed by atoms with van der Waals surface area (Å²) in [6.45, 7) is 8.24. The monoisotopic (exact) mass is 349 g/mol. The van der Waals surface area contributed by atoms with E-state index in [9.17, 15) is 9.59 Å². The molecule has 5 heteroatoms. The first-order valence-electron chi connectivity index (χ1n) is 8.64. The van der Waals surface area contributed by atoms with E-state index in [-0.39, 0.29) is 18.2 Å². The van der Waals surface area contributed by atoms with Crippen molar-refractivity contribution in [3.63, 3.8) is 0 Å². The van der Waals surface area contributed by atoms with Crippen LogP contribution in [0.1, 0.15) is 17.5 Å². The van der Waals surface area contributed by atoms with E-state index in [0.29, 0.717) is 6.54 Å². The minimum absolute atomic E-state index is 0.0708. The second kappa shape index (κ2) is 7.44. The van der Waals surface area contributed by atoms with Gasteiger partial charge in [0.2, 0.25) is 11.8 Å². The first kappa shape index (κ1) is 17.7. The van der Waals surface area contributed by atoms with Crippen molar-refractivity contribution in [3.8, 4) is 0 Å². The molecule has 2 aromatic carbocycles. The summed E-state index contributed by atoms with van der Waals surface area (Å²) in [7, 11) is 0. The van der Waals surface area contributed by atoms with E-state index >= 15 is 0 Å². The maximum Gasteiger partial charge on any atom is 0.247 e. The summed E-state index contributed by atoms with van der Waals surface area (Å²) in [5.41, 5.74) is 4.56. The normalized spacial score (nSPS) is 15.8. The molecular weight excluding hydrogens is 326 g/mol. The highest BCUT2D eigenvalue weighted by Gasteiger charge is 2.33. The number of carbonyl (C=O) groups is 2. The quantitative estimate of drug-likeness (QED) is 0.810. The van der Waals surface area contributed by atoms with E-state index < -0.39 is 6.04 Å². The SMILES string of the molecule is C=CCN1c2ccccc2NC(=O)[C@@H]1CC(=O)Nc1ccc(C)cc1C. The Hall–Kier alpha value is -3.08. The summed E-state index contributed by atoms with van der Waals surface area (Å²) in [6, 6.07) is 12.9. The van der Waals surface area contributed by atoms with Crippen molar-refractivity contribution in [3.05, 3.63) is 66.2 Å². The molecule has 5 nitrogen and oxygen atoms in total. The van der Waals surface area contributed by atoms with Gasteiger partial charge in [0.05, 0.1) is 17.8 Å². The summed E-state index contributed by atoms with van der Waals surface area (Å²) < 4.78 is 0. The van der Waals surface area contributed by atoms with Crippen LogP contribution in [-0.2, 0) is 9.59 Å². The van der Waals surface area contributed by atoms with Crippen LogP contribution < -0.4 is 15.5 Å². The fourth-order valence-corrected chi connectivity index (χ4v) is 3.25. The summed E-state index contributed by atoms with van der Waals surface area (Å²) >= 11 is 0. The minimum atomic E-state index is -0.575. The van der Waals surface area contributed by atoms with Crippen LogP contribution in [0.15, 0.2) is 55.1 Å². The zero-order chi connectivity index (χ0) is 18.7. The van der Waals surface area contributed by atoms with Crippen molar-refractivity contribution >= 4 is 28.9 Å². The zero-order valence-corrected chi connectivity index (χ0v) is 15.1. The number of fused-ring (bicyclic) bond motifs is 1. The number of para-hydroxylation sites is 2. The number of benzene rings is 2. The average Bonchev–Trinajstić information content (AvgIpc) is 2.60. The zero-order valence-electron chi connectivity index (χ0n) is 15.1. The Morgan fingerprint density at radius 2 is 2.04 bits per heavy atom. The van der Waals surface area contributed by atoms with Gasteiger partial charge >= 0.3 is 0 Å². The number of rotatable bonds is 5. The lowest BCUT2D eigenvalue weighted by molar-refractivity contribution is -0.122. The topological polar surface area (TPSA) is 61.4 Å². The van der Waals surface area contributed by atoms with Gasteiger partial charge in [0.25, 0.3) is 0 Å². The Kier molecular flexibility index (Phi) is 5.07. The van der Waals surface area contributed by atoms with Crippen molar-refractivity contribution in [2.24, 2.45) is 0 Å². The van der Waals surface area contributed by atoms with E-state index in [0.717, 1.165) is 28.2 Å². The van der Waals surface area contributed by atoms with Crippen LogP contribution in [0.2, 0.25) is 0 Å². The van der Waals surface area contributed by atoms with Gasteiger partial charge in [0.1, 0.15) is 6.04 Å². The summed E-state index contributed by atoms with van der Waals surface area (Å²) in [5.74, 6) is -0.369. The molecule has 1 aliphatic heterocycles. The minimum Gasteiger partial charge on any atom is -0.354 e. The van der Waals surface area contributed by atoms with E-state index in [1.165, 1.54) is 0 Å². The molecule has 1 aliphatic rings. The number of aryl methyl sites for hydroxylation is 2. The molecule has 2 amide bonds. The molecule has 0 fully saturated rings. The lowest BCUT2D eigenvalue weighted by Gasteiger charge is -2.37. The van der Waals surface area contributed by atoms with Gasteiger partial charge in [0.15, 0.2) is 0 Å². The Morgan fingerprint density at radius 3 is 2.77 bits per heavy atom. The van der Waals surface area contributed by atoms with Crippen LogP contribution in [-0.4, -0.2) is 24.4 Å². The average molecular weight is 349 g/mol. The molecule has 0 spiro atoms. The van der Waals surface area contributed by atoms with Crippen LogP contribution in [0.3, 0.4) is 0 Å². The van der Waals surface area contributed by atoms with Crippen molar-refractivity contribution in [2.75, 3.05) is 22.1 Å². The number of carbonyl (C=O) groups excluding carboxylic acids is 2. The number of anilines is 3. The Labute approximate surface area is 153 Å². The van der Waals surface area contributed by atoms with Crippen molar-refractivity contribution in [1.82, 2.24) is 0 Å². The van der Waals surface area contributed by atoms with Gasteiger partial charge in [0, 0.05) is 12.2 Å². The van der Waals surface area contributed by atoms with E-state index in [2.05, 4.69) is 17.2 Å². The predicted octanol–water partition coefficient (Wildman–Crippen LogP) is 3.65. The molecule has 2 aromatic rings. The molecule has 0 saturated carbocycles. The third kappa shape index (κ3) is 3.61. The molecule has 0 radical (unpaired) electrons. The Bertz CT molecular complexity index is 860. The summed E-state index contributed by atoms with van der Waals surface area (Å²) in [6.07, 6.45) is 1.81. The van der Waals surface area contributed by atoms with Gasteiger partial charge in [-0.3, -0.25) is 9.59 Å². The third-order valence-corrected chi connectivity index (χ3v) is 4.51. The molecular formula is C21H23N3O2. The molecule has 0 aromatic heterocycles. The second-order valence-electron chi connectivity index (χ2n) is 6.53. The Morgan fingerprint density at radius 1 is 1.27 bits per heavy atom. The smallest absolute Gasteiger partial charge is 0.247 e. The molecule has 0 unspecified atom stereocenters. The molecule has 1 atom stereocenters. The number of hydrogen-bond donors (Lipinski definition) is 2. The molecule has 26 heavy (non-hydrogen) atoms. The first-order chi connectivity index (χ1) is 12.5. The highest BCUT2D eigenvalue weighted by atomic mass is 16.2. The van der Waals surface area contributed by atoms with Crippen LogP contribution in [0, 0.1) is 13.8 Å².